The number of amides is 2. The van der Waals surface area contributed by atoms with Crippen LogP contribution in [0.5, 0.6) is 11.5 Å². The van der Waals surface area contributed by atoms with E-state index in [0.717, 1.165) is 0 Å². The number of hydrogen-bond donors (Lipinski definition) is 1. The molecule has 0 radical (unpaired) electrons. The van der Waals surface area contributed by atoms with Gasteiger partial charge in [0.15, 0.2) is 11.5 Å². The highest BCUT2D eigenvalue weighted by atomic mass is 32.2. The topological polar surface area (TPSA) is 105 Å². The molecule has 2 aliphatic heterocycles. The van der Waals surface area contributed by atoms with Crippen LogP contribution in [0.3, 0.4) is 0 Å². The second-order valence-electron chi connectivity index (χ2n) is 8.24. The maximum Gasteiger partial charge on any atom is 0.243 e. The van der Waals surface area contributed by atoms with Crippen LogP contribution in [0.2, 0.25) is 0 Å². The molecule has 2 amide bonds. The first kappa shape index (κ1) is 24.0. The Labute approximate surface area is 197 Å². The van der Waals surface area contributed by atoms with Crippen LogP contribution in [0.1, 0.15) is 12.8 Å². The van der Waals surface area contributed by atoms with Gasteiger partial charge in [-0.25, -0.2) is 12.8 Å². The Kier molecular flexibility index (Phi) is 7.03. The van der Waals surface area contributed by atoms with E-state index >= 15 is 0 Å². The Morgan fingerprint density at radius 3 is 2.50 bits per heavy atom. The molecule has 2 aliphatic rings. The molecule has 1 saturated heterocycles. The highest BCUT2D eigenvalue weighted by Gasteiger charge is 2.34. The molecule has 2 heterocycles. The van der Waals surface area contributed by atoms with E-state index in [-0.39, 0.29) is 30.4 Å². The van der Waals surface area contributed by atoms with Gasteiger partial charge >= 0.3 is 0 Å². The summed E-state index contributed by atoms with van der Waals surface area (Å²) in [6.07, 6.45) is 0.691. The van der Waals surface area contributed by atoms with Crippen LogP contribution in [0.4, 0.5) is 10.1 Å². The summed E-state index contributed by atoms with van der Waals surface area (Å²) in [5, 5.41) is 2.56. The number of nitrogens with zero attached hydrogens (tertiary/aromatic N) is 2. The molecule has 1 N–H and O–H groups in total. The monoisotopic (exact) mass is 491 g/mol. The third-order valence-electron chi connectivity index (χ3n) is 5.82. The minimum Gasteiger partial charge on any atom is -0.486 e. The standard InChI is InChI=1S/C23H26FN3O6S/c1-26(15-22(28)25-18-4-2-3-17(24)13-18)23(29)16-7-9-27(10-8-16)34(30,31)19-5-6-20-21(14-19)33-12-11-32-20/h2-6,13-14,16H,7-12,15H2,1H3,(H,25,28). The van der Waals surface area contributed by atoms with Crippen LogP contribution >= 0.6 is 0 Å². The number of nitrogens with one attached hydrogen (secondary N) is 1. The first-order valence-electron chi connectivity index (χ1n) is 10.9. The van der Waals surface area contributed by atoms with Crippen LogP contribution in [0, 0.1) is 11.7 Å². The molecule has 0 unspecified atom stereocenters. The zero-order valence-electron chi connectivity index (χ0n) is 18.7. The Balaban J connectivity index is 1.32. The van der Waals surface area contributed by atoms with E-state index in [1.165, 1.54) is 46.6 Å². The summed E-state index contributed by atoms with van der Waals surface area (Å²) in [5.41, 5.74) is 0.309. The number of benzene rings is 2. The van der Waals surface area contributed by atoms with Crippen LogP contribution in [-0.4, -0.2) is 69.3 Å². The second-order valence-corrected chi connectivity index (χ2v) is 10.2. The van der Waals surface area contributed by atoms with Gasteiger partial charge in [-0.1, -0.05) is 6.07 Å². The predicted molar refractivity (Wildman–Crippen MR) is 122 cm³/mol. The third kappa shape index (κ3) is 5.31. The molecule has 1 fully saturated rings. The van der Waals surface area contributed by atoms with Gasteiger partial charge in [0.1, 0.15) is 19.0 Å². The average Bonchev–Trinajstić information content (AvgIpc) is 2.83. The zero-order chi connectivity index (χ0) is 24.3. The molecule has 0 atom stereocenters. The van der Waals surface area contributed by atoms with Crippen molar-refractivity contribution >= 4 is 27.5 Å². The van der Waals surface area contributed by atoms with E-state index in [4.69, 9.17) is 9.47 Å². The van der Waals surface area contributed by atoms with E-state index in [0.29, 0.717) is 43.2 Å². The minimum atomic E-state index is -3.74. The summed E-state index contributed by atoms with van der Waals surface area (Å²) in [6, 6.07) is 10.0. The van der Waals surface area contributed by atoms with Crippen molar-refractivity contribution in [3.63, 3.8) is 0 Å². The molecule has 0 aromatic heterocycles. The van der Waals surface area contributed by atoms with Crippen molar-refractivity contribution in [3.05, 3.63) is 48.3 Å². The number of rotatable bonds is 6. The molecule has 0 aliphatic carbocycles. The molecule has 0 spiro atoms. The number of sulfonamides is 1. The molecular weight excluding hydrogens is 465 g/mol. The fraction of sp³-hybridized carbons (Fsp3) is 0.391. The number of ether oxygens (including phenoxy) is 2. The van der Waals surface area contributed by atoms with Crippen molar-refractivity contribution in [3.8, 4) is 11.5 Å². The number of anilines is 1. The zero-order valence-corrected chi connectivity index (χ0v) is 19.5. The normalized spacial score (nSPS) is 16.6. The molecule has 34 heavy (non-hydrogen) atoms. The Morgan fingerprint density at radius 2 is 1.79 bits per heavy atom. The number of carbonyl (C=O) groups excluding carboxylic acids is 2. The summed E-state index contributed by atoms with van der Waals surface area (Å²) in [5.74, 6) is -0.626. The van der Waals surface area contributed by atoms with Gasteiger partial charge in [-0.2, -0.15) is 4.31 Å². The van der Waals surface area contributed by atoms with E-state index in [1.54, 1.807) is 12.1 Å². The number of piperidine rings is 1. The van der Waals surface area contributed by atoms with Gasteiger partial charge in [0.2, 0.25) is 21.8 Å². The molecular formula is C23H26FN3O6S. The quantitative estimate of drug-likeness (QED) is 0.664. The lowest BCUT2D eigenvalue weighted by molar-refractivity contribution is -0.138. The van der Waals surface area contributed by atoms with Gasteiger partial charge in [0.05, 0.1) is 11.4 Å². The van der Waals surface area contributed by atoms with Crippen LogP contribution in [0.25, 0.3) is 0 Å². The van der Waals surface area contributed by atoms with E-state index in [9.17, 15) is 22.4 Å². The highest BCUT2D eigenvalue weighted by molar-refractivity contribution is 7.89. The molecule has 0 bridgehead atoms. The summed E-state index contributed by atoms with van der Waals surface area (Å²) >= 11 is 0. The SMILES string of the molecule is CN(CC(=O)Nc1cccc(F)c1)C(=O)C1CCN(S(=O)(=O)c2ccc3c(c2)OCCO3)CC1. The maximum atomic E-state index is 13.3. The first-order valence-corrected chi connectivity index (χ1v) is 12.4. The van der Waals surface area contributed by atoms with Gasteiger partial charge in [-0.05, 0) is 43.2 Å². The van der Waals surface area contributed by atoms with Crippen molar-refractivity contribution < 1.29 is 31.9 Å². The lowest BCUT2D eigenvalue weighted by atomic mass is 9.96. The average molecular weight is 492 g/mol. The molecule has 0 saturated carbocycles. The van der Waals surface area contributed by atoms with E-state index in [2.05, 4.69) is 5.32 Å². The van der Waals surface area contributed by atoms with Gasteiger partial charge in [-0.15, -0.1) is 0 Å². The third-order valence-corrected chi connectivity index (χ3v) is 7.71. The van der Waals surface area contributed by atoms with Gasteiger partial charge in [0, 0.05) is 37.8 Å². The fourth-order valence-corrected chi connectivity index (χ4v) is 5.53. The summed E-state index contributed by atoms with van der Waals surface area (Å²) in [6.45, 7) is 0.970. The number of carbonyl (C=O) groups is 2. The lowest BCUT2D eigenvalue weighted by Gasteiger charge is -2.32. The summed E-state index contributed by atoms with van der Waals surface area (Å²) < 4.78 is 51.7. The number of likely N-dealkylation sites (N-methyl/N-ethyl adjacent to an activating group) is 1. The Morgan fingerprint density at radius 1 is 1.09 bits per heavy atom. The highest BCUT2D eigenvalue weighted by Crippen LogP contribution is 2.34. The van der Waals surface area contributed by atoms with E-state index in [1.807, 2.05) is 0 Å². The summed E-state index contributed by atoms with van der Waals surface area (Å²) in [4.78, 5) is 26.5. The second kappa shape index (κ2) is 9.98. The van der Waals surface area contributed by atoms with Crippen molar-refractivity contribution in [2.75, 3.05) is 45.2 Å². The minimum absolute atomic E-state index is 0.118. The summed E-state index contributed by atoms with van der Waals surface area (Å²) in [7, 11) is -2.22. The van der Waals surface area contributed by atoms with Crippen molar-refractivity contribution in [1.29, 1.82) is 0 Å². The lowest BCUT2D eigenvalue weighted by Crippen LogP contribution is -2.45. The Hall–Kier alpha value is -3.18. The first-order chi connectivity index (χ1) is 16.2. The molecule has 4 rings (SSSR count). The van der Waals surface area contributed by atoms with Crippen LogP contribution < -0.4 is 14.8 Å². The molecule has 2 aromatic carbocycles. The number of fused-ring (bicyclic) bond motifs is 1. The molecule has 2 aromatic rings. The fourth-order valence-electron chi connectivity index (χ4n) is 4.05. The smallest absolute Gasteiger partial charge is 0.243 e. The van der Waals surface area contributed by atoms with Crippen LogP contribution in [0.15, 0.2) is 47.4 Å². The van der Waals surface area contributed by atoms with Gasteiger partial charge < -0.3 is 19.7 Å². The Bertz CT molecular complexity index is 1180. The van der Waals surface area contributed by atoms with Crippen molar-refractivity contribution in [1.82, 2.24) is 9.21 Å². The van der Waals surface area contributed by atoms with Crippen LogP contribution in [-0.2, 0) is 19.6 Å². The van der Waals surface area contributed by atoms with Crippen molar-refractivity contribution in [2.45, 2.75) is 17.7 Å². The van der Waals surface area contributed by atoms with E-state index < -0.39 is 27.7 Å². The maximum absolute atomic E-state index is 13.3. The predicted octanol–water partition coefficient (Wildman–Crippen LogP) is 2.09. The molecule has 182 valence electrons. The van der Waals surface area contributed by atoms with Gasteiger partial charge in [-0.3, -0.25) is 9.59 Å². The van der Waals surface area contributed by atoms with Gasteiger partial charge in [0.25, 0.3) is 0 Å². The molecule has 9 nitrogen and oxygen atoms in total. The number of halogens is 1. The van der Waals surface area contributed by atoms with Crippen molar-refractivity contribution in [2.24, 2.45) is 5.92 Å². The largest absolute Gasteiger partial charge is 0.486 e. The molecule has 11 heteroatoms. The number of hydrogen-bond acceptors (Lipinski definition) is 6.